The molecule has 4 rings (SSSR count). The Kier molecular flexibility index (Phi) is 9.37. The number of hydrogen-bond acceptors (Lipinski definition) is 0. The SMILES string of the molecule is C1CCC([CH2][Cr]([CH2]C2CCCCC2)([CH2]C2CCCCC2)[CH2]C2CCCCC2)CC1. The van der Waals surface area contributed by atoms with Crippen LogP contribution in [0.4, 0.5) is 0 Å². The molecule has 0 N–H and O–H groups in total. The zero-order valence-electron chi connectivity index (χ0n) is 19.7. The molecule has 0 atom stereocenters. The van der Waals surface area contributed by atoms with Crippen LogP contribution in [0.1, 0.15) is 128 Å². The summed E-state index contributed by atoms with van der Waals surface area (Å²) in [5, 5.41) is 7.17. The molecule has 29 heavy (non-hydrogen) atoms. The van der Waals surface area contributed by atoms with E-state index in [1.165, 1.54) is 0 Å². The minimum atomic E-state index is -1.38. The second kappa shape index (κ2) is 12.0. The molecule has 0 saturated heterocycles. The van der Waals surface area contributed by atoms with Gasteiger partial charge in [0.1, 0.15) is 0 Å². The molecule has 0 heterocycles. The number of rotatable bonds is 8. The van der Waals surface area contributed by atoms with Gasteiger partial charge in [-0.2, -0.15) is 0 Å². The molecule has 0 aromatic rings. The van der Waals surface area contributed by atoms with Gasteiger partial charge in [0.25, 0.3) is 0 Å². The van der Waals surface area contributed by atoms with E-state index < -0.39 is 13.1 Å². The Bertz CT molecular complexity index is 348. The van der Waals surface area contributed by atoms with Gasteiger partial charge in [-0.15, -0.1) is 0 Å². The quantitative estimate of drug-likeness (QED) is 0.352. The molecule has 4 aliphatic rings. The van der Waals surface area contributed by atoms with E-state index in [1.54, 1.807) is 150 Å². The molecular formula is C28H52Cr. The molecule has 0 bridgehead atoms. The van der Waals surface area contributed by atoms with Crippen LogP contribution in [-0.2, 0) is 13.1 Å². The van der Waals surface area contributed by atoms with Crippen LogP contribution in [0.5, 0.6) is 0 Å². The Labute approximate surface area is 186 Å². The van der Waals surface area contributed by atoms with Crippen molar-refractivity contribution in [2.45, 2.75) is 150 Å². The summed E-state index contributed by atoms with van der Waals surface area (Å²) in [6.45, 7) is 0. The van der Waals surface area contributed by atoms with Gasteiger partial charge in [-0.1, -0.05) is 0 Å². The van der Waals surface area contributed by atoms with Crippen molar-refractivity contribution in [3.63, 3.8) is 0 Å². The van der Waals surface area contributed by atoms with E-state index >= 15 is 0 Å². The van der Waals surface area contributed by atoms with E-state index in [0.29, 0.717) is 0 Å². The molecule has 0 nitrogen and oxygen atoms in total. The molecule has 0 aliphatic heterocycles. The second-order valence-electron chi connectivity index (χ2n) is 11.9. The van der Waals surface area contributed by atoms with Crippen LogP contribution in [0.3, 0.4) is 0 Å². The fourth-order valence-corrected chi connectivity index (χ4v) is 17.4. The van der Waals surface area contributed by atoms with E-state index in [9.17, 15) is 0 Å². The average molecular weight is 441 g/mol. The van der Waals surface area contributed by atoms with Crippen LogP contribution in [-0.4, -0.2) is 0 Å². The van der Waals surface area contributed by atoms with Crippen molar-refractivity contribution in [3.05, 3.63) is 0 Å². The summed E-state index contributed by atoms with van der Waals surface area (Å²) in [6.07, 6.45) is 31.6. The Morgan fingerprint density at radius 3 is 0.724 bits per heavy atom. The van der Waals surface area contributed by atoms with Gasteiger partial charge in [0, 0.05) is 0 Å². The molecule has 1 heteroatoms. The van der Waals surface area contributed by atoms with Crippen molar-refractivity contribution < 1.29 is 13.1 Å². The van der Waals surface area contributed by atoms with E-state index in [0.717, 1.165) is 23.7 Å². The maximum atomic E-state index is 1.79. The van der Waals surface area contributed by atoms with Crippen molar-refractivity contribution in [1.82, 2.24) is 0 Å². The van der Waals surface area contributed by atoms with Gasteiger partial charge in [-0.3, -0.25) is 0 Å². The molecule has 0 spiro atoms. The van der Waals surface area contributed by atoms with E-state index in [2.05, 4.69) is 0 Å². The van der Waals surface area contributed by atoms with E-state index in [4.69, 9.17) is 0 Å². The van der Waals surface area contributed by atoms with Gasteiger partial charge in [0.15, 0.2) is 0 Å². The van der Waals surface area contributed by atoms with Crippen LogP contribution >= 0.6 is 0 Å². The maximum absolute atomic E-state index is 1.79. The zero-order chi connectivity index (χ0) is 19.8. The summed E-state index contributed by atoms with van der Waals surface area (Å²) in [7, 11) is 0. The molecule has 4 fully saturated rings. The minimum absolute atomic E-state index is 1.15. The molecular weight excluding hydrogens is 388 g/mol. The van der Waals surface area contributed by atoms with Crippen molar-refractivity contribution in [2.24, 2.45) is 23.7 Å². The molecule has 0 aromatic carbocycles. The number of hydrogen-bond donors (Lipinski definition) is 0. The van der Waals surface area contributed by atoms with Crippen LogP contribution in [0.15, 0.2) is 0 Å². The van der Waals surface area contributed by atoms with Gasteiger partial charge < -0.3 is 0 Å². The normalized spacial score (nSPS) is 27.9. The van der Waals surface area contributed by atoms with E-state index in [-0.39, 0.29) is 0 Å². The summed E-state index contributed by atoms with van der Waals surface area (Å²) in [4.78, 5) is 0. The first-order chi connectivity index (χ1) is 14.3. The summed E-state index contributed by atoms with van der Waals surface area (Å²) in [5.74, 6) is 4.61. The standard InChI is InChI=1S/4C7H13.Cr/c4*1-7-5-3-2-4-6-7;/h4*7H,1-6H2;. The van der Waals surface area contributed by atoms with Gasteiger partial charge in [0.05, 0.1) is 0 Å². The molecule has 4 aliphatic carbocycles. The Morgan fingerprint density at radius 2 is 0.517 bits per heavy atom. The summed E-state index contributed by atoms with van der Waals surface area (Å²) in [6, 6.07) is 0. The first kappa shape index (κ1) is 22.7. The molecule has 170 valence electrons. The first-order valence-electron chi connectivity index (χ1n) is 14.1. The zero-order valence-corrected chi connectivity index (χ0v) is 21.0. The summed E-state index contributed by atoms with van der Waals surface area (Å²) in [5.41, 5.74) is 0. The van der Waals surface area contributed by atoms with Crippen LogP contribution in [0, 0.1) is 23.7 Å². The third kappa shape index (κ3) is 7.28. The molecule has 0 amide bonds. The summed E-state index contributed by atoms with van der Waals surface area (Å²) >= 11 is -1.38. The van der Waals surface area contributed by atoms with Gasteiger partial charge in [0.2, 0.25) is 0 Å². The third-order valence-corrected chi connectivity index (χ3v) is 16.6. The first-order valence-corrected chi connectivity index (χ1v) is 17.7. The molecule has 0 aromatic heterocycles. The topological polar surface area (TPSA) is 0 Å². The summed E-state index contributed by atoms with van der Waals surface area (Å²) < 4.78 is 0. The van der Waals surface area contributed by atoms with Crippen molar-refractivity contribution in [1.29, 1.82) is 0 Å². The van der Waals surface area contributed by atoms with Gasteiger partial charge >= 0.3 is 186 Å². The Morgan fingerprint density at radius 1 is 0.310 bits per heavy atom. The van der Waals surface area contributed by atoms with Crippen LogP contribution < -0.4 is 0 Å². The predicted molar refractivity (Wildman–Crippen MR) is 126 cm³/mol. The fourth-order valence-electron chi connectivity index (χ4n) is 7.82. The van der Waals surface area contributed by atoms with Crippen LogP contribution in [0.25, 0.3) is 0 Å². The fraction of sp³-hybridized carbons (Fsp3) is 1.00. The Hall–Kier alpha value is 0.532. The van der Waals surface area contributed by atoms with Crippen molar-refractivity contribution in [3.8, 4) is 0 Å². The molecule has 0 radical (unpaired) electrons. The van der Waals surface area contributed by atoms with Crippen molar-refractivity contribution >= 4 is 0 Å². The molecule has 4 saturated carbocycles. The van der Waals surface area contributed by atoms with Crippen molar-refractivity contribution in [2.75, 3.05) is 0 Å². The van der Waals surface area contributed by atoms with Gasteiger partial charge in [-0.25, -0.2) is 0 Å². The molecule has 0 unspecified atom stereocenters. The monoisotopic (exact) mass is 440 g/mol. The predicted octanol–water partition coefficient (Wildman–Crippen LogP) is 10.1. The third-order valence-electron chi connectivity index (χ3n) is 9.26. The van der Waals surface area contributed by atoms with E-state index in [1.807, 2.05) is 0 Å². The Balaban J connectivity index is 1.51. The van der Waals surface area contributed by atoms with Crippen LogP contribution in [0.2, 0.25) is 21.1 Å². The average Bonchev–Trinajstić information content (AvgIpc) is 2.76. The van der Waals surface area contributed by atoms with Gasteiger partial charge in [-0.05, 0) is 0 Å². The second-order valence-corrected chi connectivity index (χ2v) is 17.8.